The molecule has 0 saturated carbocycles. The molecule has 1 atom stereocenters. The molecule has 20 heavy (non-hydrogen) atoms. The van der Waals surface area contributed by atoms with Crippen LogP contribution in [0.1, 0.15) is 31.4 Å². The predicted octanol–water partition coefficient (Wildman–Crippen LogP) is 3.94. The third-order valence-electron chi connectivity index (χ3n) is 3.61. The monoisotopic (exact) mass is 269 g/mol. The first-order valence-corrected chi connectivity index (χ1v) is 7.14. The largest absolute Gasteiger partial charge is 0.489 e. The quantitative estimate of drug-likeness (QED) is 0.862. The van der Waals surface area contributed by atoms with Crippen LogP contribution < -0.4 is 10.5 Å². The van der Waals surface area contributed by atoms with E-state index in [9.17, 15) is 0 Å². The van der Waals surface area contributed by atoms with Gasteiger partial charge in [-0.15, -0.1) is 0 Å². The van der Waals surface area contributed by atoms with E-state index in [1.54, 1.807) is 0 Å². The van der Waals surface area contributed by atoms with Gasteiger partial charge in [-0.25, -0.2) is 0 Å². The Morgan fingerprint density at radius 3 is 2.35 bits per heavy atom. The van der Waals surface area contributed by atoms with Gasteiger partial charge in [-0.3, -0.25) is 0 Å². The van der Waals surface area contributed by atoms with Crippen molar-refractivity contribution in [3.05, 3.63) is 65.7 Å². The fourth-order valence-electron chi connectivity index (χ4n) is 2.09. The Morgan fingerprint density at radius 2 is 1.65 bits per heavy atom. The minimum Gasteiger partial charge on any atom is -0.489 e. The van der Waals surface area contributed by atoms with Crippen molar-refractivity contribution in [1.82, 2.24) is 0 Å². The van der Waals surface area contributed by atoms with Gasteiger partial charge in [0.1, 0.15) is 12.4 Å². The van der Waals surface area contributed by atoms with E-state index < -0.39 is 0 Å². The molecule has 2 aromatic carbocycles. The van der Waals surface area contributed by atoms with Crippen molar-refractivity contribution in [2.75, 3.05) is 0 Å². The number of nitrogens with two attached hydrogens (primary N) is 1. The van der Waals surface area contributed by atoms with Crippen LogP contribution in [0, 0.1) is 0 Å². The highest BCUT2D eigenvalue weighted by Crippen LogP contribution is 2.24. The molecule has 0 saturated heterocycles. The number of hydrogen-bond acceptors (Lipinski definition) is 2. The fourth-order valence-corrected chi connectivity index (χ4v) is 2.09. The average molecular weight is 269 g/mol. The molecule has 2 N–H and O–H groups in total. The molecular weight excluding hydrogens is 246 g/mol. The molecular formula is C18H23NO. The summed E-state index contributed by atoms with van der Waals surface area (Å²) >= 11 is 0. The van der Waals surface area contributed by atoms with Crippen LogP contribution in [-0.4, -0.2) is 5.54 Å². The molecule has 2 rings (SSSR count). The van der Waals surface area contributed by atoms with Gasteiger partial charge >= 0.3 is 0 Å². The smallest absolute Gasteiger partial charge is 0.123 e. The number of benzene rings is 2. The topological polar surface area (TPSA) is 35.2 Å². The maximum atomic E-state index is 6.27. The Bertz CT molecular complexity index is 534. The summed E-state index contributed by atoms with van der Waals surface area (Å²) in [4.78, 5) is 0. The summed E-state index contributed by atoms with van der Waals surface area (Å²) in [5.74, 6) is 0.932. The second kappa shape index (κ2) is 6.58. The zero-order valence-electron chi connectivity index (χ0n) is 12.3. The molecule has 0 spiro atoms. The molecule has 0 aromatic heterocycles. The Kier molecular flexibility index (Phi) is 4.80. The first-order valence-electron chi connectivity index (χ1n) is 7.14. The normalized spacial score (nSPS) is 13.8. The lowest BCUT2D eigenvalue weighted by Gasteiger charge is -2.24. The molecule has 106 valence electrons. The third kappa shape index (κ3) is 4.10. The van der Waals surface area contributed by atoms with E-state index >= 15 is 0 Å². The van der Waals surface area contributed by atoms with Gasteiger partial charge in [-0.1, -0.05) is 55.5 Å². The zero-order valence-corrected chi connectivity index (χ0v) is 12.3. The van der Waals surface area contributed by atoms with Crippen LogP contribution in [0.4, 0.5) is 0 Å². The van der Waals surface area contributed by atoms with Crippen LogP contribution >= 0.6 is 0 Å². The Balaban J connectivity index is 2.08. The Labute approximate surface area is 121 Å². The zero-order chi connectivity index (χ0) is 14.4. The summed E-state index contributed by atoms with van der Waals surface area (Å²) in [7, 11) is 0. The third-order valence-corrected chi connectivity index (χ3v) is 3.61. The highest BCUT2D eigenvalue weighted by molar-refractivity contribution is 5.35. The summed E-state index contributed by atoms with van der Waals surface area (Å²) < 4.78 is 5.96. The van der Waals surface area contributed by atoms with Crippen molar-refractivity contribution in [3.8, 4) is 5.75 Å². The standard InChI is InChI=1S/C18H23NO/c1-3-18(2,19)13-16-11-7-8-12-17(16)20-14-15-9-5-4-6-10-15/h4-12H,3,13-14,19H2,1-2H3. The van der Waals surface area contributed by atoms with Gasteiger partial charge in [-0.2, -0.15) is 0 Å². The Morgan fingerprint density at radius 1 is 1.00 bits per heavy atom. The van der Waals surface area contributed by atoms with E-state index in [1.807, 2.05) is 36.4 Å². The first-order chi connectivity index (χ1) is 9.61. The second-order valence-corrected chi connectivity index (χ2v) is 5.57. The van der Waals surface area contributed by atoms with Crippen LogP contribution in [-0.2, 0) is 13.0 Å². The van der Waals surface area contributed by atoms with Crippen molar-refractivity contribution in [2.24, 2.45) is 5.73 Å². The lowest BCUT2D eigenvalue weighted by molar-refractivity contribution is 0.299. The van der Waals surface area contributed by atoms with Gasteiger partial charge in [-0.05, 0) is 37.0 Å². The molecule has 2 nitrogen and oxygen atoms in total. The summed E-state index contributed by atoms with van der Waals surface area (Å²) in [6.45, 7) is 4.79. The van der Waals surface area contributed by atoms with Gasteiger partial charge < -0.3 is 10.5 Å². The molecule has 0 heterocycles. The summed E-state index contributed by atoms with van der Waals surface area (Å²) in [5, 5.41) is 0. The van der Waals surface area contributed by atoms with Crippen LogP contribution in [0.25, 0.3) is 0 Å². The number of ether oxygens (including phenoxy) is 1. The van der Waals surface area contributed by atoms with E-state index in [0.29, 0.717) is 6.61 Å². The number of para-hydroxylation sites is 1. The minimum atomic E-state index is -0.188. The van der Waals surface area contributed by atoms with Crippen LogP contribution in [0.2, 0.25) is 0 Å². The fraction of sp³-hybridized carbons (Fsp3) is 0.333. The van der Waals surface area contributed by atoms with Crippen molar-refractivity contribution >= 4 is 0 Å². The van der Waals surface area contributed by atoms with E-state index in [0.717, 1.165) is 18.6 Å². The molecule has 1 unspecified atom stereocenters. The molecule has 0 radical (unpaired) electrons. The molecule has 0 aliphatic carbocycles. The molecule has 0 amide bonds. The maximum absolute atomic E-state index is 6.27. The van der Waals surface area contributed by atoms with E-state index in [4.69, 9.17) is 10.5 Å². The molecule has 0 aliphatic heterocycles. The molecule has 2 aromatic rings. The van der Waals surface area contributed by atoms with Crippen LogP contribution in [0.5, 0.6) is 5.75 Å². The SMILES string of the molecule is CCC(C)(N)Cc1ccccc1OCc1ccccc1. The van der Waals surface area contributed by atoms with Gasteiger partial charge in [0.25, 0.3) is 0 Å². The average Bonchev–Trinajstić information content (AvgIpc) is 2.47. The molecule has 0 aliphatic rings. The van der Waals surface area contributed by atoms with Gasteiger partial charge in [0.05, 0.1) is 0 Å². The van der Waals surface area contributed by atoms with Crippen molar-refractivity contribution < 1.29 is 4.74 Å². The highest BCUT2D eigenvalue weighted by atomic mass is 16.5. The number of rotatable bonds is 6. The van der Waals surface area contributed by atoms with Crippen molar-refractivity contribution in [2.45, 2.75) is 38.8 Å². The van der Waals surface area contributed by atoms with Crippen LogP contribution in [0.15, 0.2) is 54.6 Å². The van der Waals surface area contributed by atoms with Gasteiger partial charge in [0.15, 0.2) is 0 Å². The van der Waals surface area contributed by atoms with E-state index in [2.05, 4.69) is 32.0 Å². The first kappa shape index (κ1) is 14.6. The predicted molar refractivity (Wildman–Crippen MR) is 83.8 cm³/mol. The van der Waals surface area contributed by atoms with E-state index in [1.165, 1.54) is 11.1 Å². The lowest BCUT2D eigenvalue weighted by atomic mass is 9.91. The molecule has 0 bridgehead atoms. The molecule has 0 fully saturated rings. The lowest BCUT2D eigenvalue weighted by Crippen LogP contribution is -2.37. The van der Waals surface area contributed by atoms with Crippen molar-refractivity contribution in [1.29, 1.82) is 0 Å². The van der Waals surface area contributed by atoms with Gasteiger partial charge in [0, 0.05) is 5.54 Å². The highest BCUT2D eigenvalue weighted by Gasteiger charge is 2.18. The summed E-state index contributed by atoms with van der Waals surface area (Å²) in [5.41, 5.74) is 8.43. The van der Waals surface area contributed by atoms with E-state index in [-0.39, 0.29) is 5.54 Å². The minimum absolute atomic E-state index is 0.188. The summed E-state index contributed by atoms with van der Waals surface area (Å²) in [6, 6.07) is 18.4. The summed E-state index contributed by atoms with van der Waals surface area (Å²) in [6.07, 6.45) is 1.77. The molecule has 2 heteroatoms. The Hall–Kier alpha value is -1.80. The van der Waals surface area contributed by atoms with Crippen molar-refractivity contribution in [3.63, 3.8) is 0 Å². The van der Waals surface area contributed by atoms with Crippen LogP contribution in [0.3, 0.4) is 0 Å². The maximum Gasteiger partial charge on any atom is 0.123 e. The van der Waals surface area contributed by atoms with Gasteiger partial charge in [0.2, 0.25) is 0 Å². The second-order valence-electron chi connectivity index (χ2n) is 5.57. The number of hydrogen-bond donors (Lipinski definition) is 1.